The molecule has 1 aliphatic heterocycles. The van der Waals surface area contributed by atoms with Gasteiger partial charge in [-0.3, -0.25) is 4.79 Å². The summed E-state index contributed by atoms with van der Waals surface area (Å²) in [5, 5.41) is 3.92. The molecular formula is C27H29NO3S2. The maximum atomic E-state index is 13.1. The highest BCUT2D eigenvalue weighted by molar-refractivity contribution is 8.00. The van der Waals surface area contributed by atoms with Crippen molar-refractivity contribution < 1.29 is 14.3 Å². The van der Waals surface area contributed by atoms with Crippen LogP contribution >= 0.6 is 23.1 Å². The number of hydrogen-bond acceptors (Lipinski definition) is 5. The van der Waals surface area contributed by atoms with E-state index < -0.39 is 0 Å². The van der Waals surface area contributed by atoms with Gasteiger partial charge in [0.15, 0.2) is 0 Å². The summed E-state index contributed by atoms with van der Waals surface area (Å²) in [5.41, 5.74) is 3.96. The summed E-state index contributed by atoms with van der Waals surface area (Å²) in [6, 6.07) is 20.8. The van der Waals surface area contributed by atoms with Crippen molar-refractivity contribution in [2.45, 2.75) is 44.1 Å². The van der Waals surface area contributed by atoms with Crippen molar-refractivity contribution >= 4 is 40.0 Å². The summed E-state index contributed by atoms with van der Waals surface area (Å²) < 4.78 is 5.45. The molecular weight excluding hydrogens is 450 g/mol. The number of amides is 1. The van der Waals surface area contributed by atoms with Gasteiger partial charge in [-0.15, -0.1) is 23.1 Å². The first kappa shape index (κ1) is 23.6. The first-order valence-corrected chi connectivity index (χ1v) is 13.1. The van der Waals surface area contributed by atoms with Gasteiger partial charge in [-0.1, -0.05) is 74.5 Å². The number of carbonyl (C=O) groups excluding carboxylic acids is 2. The van der Waals surface area contributed by atoms with E-state index in [-0.39, 0.29) is 28.3 Å². The predicted molar refractivity (Wildman–Crippen MR) is 137 cm³/mol. The highest BCUT2D eigenvalue weighted by Crippen LogP contribution is 2.56. The molecule has 33 heavy (non-hydrogen) atoms. The lowest BCUT2D eigenvalue weighted by Crippen LogP contribution is -2.18. The fourth-order valence-electron chi connectivity index (χ4n) is 4.13. The summed E-state index contributed by atoms with van der Waals surface area (Å²) in [6.07, 6.45) is 1.13. The molecule has 172 valence electrons. The number of fused-ring (bicyclic) bond motifs is 1. The van der Waals surface area contributed by atoms with E-state index in [0.29, 0.717) is 23.6 Å². The van der Waals surface area contributed by atoms with Crippen LogP contribution in [0.5, 0.6) is 0 Å². The number of anilines is 1. The Balaban J connectivity index is 1.82. The second-order valence-corrected chi connectivity index (χ2v) is 10.9. The Morgan fingerprint density at radius 1 is 1.03 bits per heavy atom. The van der Waals surface area contributed by atoms with E-state index in [2.05, 4.69) is 41.7 Å². The fraction of sp³-hybridized carbons (Fsp3) is 0.333. The van der Waals surface area contributed by atoms with Crippen LogP contribution in [0.2, 0.25) is 0 Å². The number of hydrogen-bond donors (Lipinski definition) is 1. The zero-order chi connectivity index (χ0) is 23.4. The van der Waals surface area contributed by atoms with Gasteiger partial charge in [0.2, 0.25) is 5.91 Å². The summed E-state index contributed by atoms with van der Waals surface area (Å²) in [5.74, 6) is -0.196. The molecule has 0 saturated heterocycles. The number of esters is 1. The summed E-state index contributed by atoms with van der Waals surface area (Å²) in [4.78, 5) is 26.9. The third kappa shape index (κ3) is 5.33. The van der Waals surface area contributed by atoms with Crippen LogP contribution in [0.1, 0.15) is 69.6 Å². The normalized spacial score (nSPS) is 17.5. The van der Waals surface area contributed by atoms with Crippen LogP contribution in [-0.2, 0) is 16.0 Å². The van der Waals surface area contributed by atoms with Gasteiger partial charge in [-0.05, 0) is 36.0 Å². The van der Waals surface area contributed by atoms with Crippen molar-refractivity contribution in [1.82, 2.24) is 0 Å². The van der Waals surface area contributed by atoms with Crippen LogP contribution < -0.4 is 5.32 Å². The van der Waals surface area contributed by atoms with Crippen LogP contribution in [0.15, 0.2) is 60.7 Å². The zero-order valence-electron chi connectivity index (χ0n) is 19.2. The van der Waals surface area contributed by atoms with E-state index >= 15 is 0 Å². The van der Waals surface area contributed by atoms with Crippen molar-refractivity contribution in [3.63, 3.8) is 0 Å². The molecule has 1 N–H and O–H groups in total. The average Bonchev–Trinajstić information content (AvgIpc) is 3.16. The third-order valence-corrected chi connectivity index (χ3v) is 8.48. The zero-order valence-corrected chi connectivity index (χ0v) is 20.8. The van der Waals surface area contributed by atoms with Gasteiger partial charge in [0, 0.05) is 16.5 Å². The number of nitrogens with one attached hydrogen (secondary N) is 1. The standard InChI is InChI=1S/C27H29NO3S2/c1-4-31-27(30)23-20-16-21(18-11-7-5-8-12-18)32-24(19-13-9-6-10-14-19)25(20)33-26(23)28-22(29)15-17(2)3/h5-14,17,21,24H,4,15-16H2,1-3H3,(H,28,29)/t21-,24-/m0/s1. The molecule has 1 aromatic heterocycles. The second-order valence-electron chi connectivity index (χ2n) is 8.55. The molecule has 0 fully saturated rings. The number of ether oxygens (including phenoxy) is 1. The molecule has 0 aliphatic carbocycles. The number of benzene rings is 2. The van der Waals surface area contributed by atoms with E-state index in [4.69, 9.17) is 4.74 Å². The van der Waals surface area contributed by atoms with Crippen molar-refractivity contribution in [2.75, 3.05) is 11.9 Å². The molecule has 2 atom stereocenters. The molecule has 3 aromatic rings. The van der Waals surface area contributed by atoms with Crippen LogP contribution in [0, 0.1) is 5.92 Å². The van der Waals surface area contributed by atoms with Gasteiger partial charge in [-0.2, -0.15) is 0 Å². The molecule has 6 heteroatoms. The minimum absolute atomic E-state index is 0.0716. The number of rotatable bonds is 7. The lowest BCUT2D eigenvalue weighted by Gasteiger charge is -2.30. The monoisotopic (exact) mass is 479 g/mol. The highest BCUT2D eigenvalue weighted by Gasteiger charge is 2.37. The molecule has 1 aliphatic rings. The molecule has 0 radical (unpaired) electrons. The Morgan fingerprint density at radius 2 is 1.67 bits per heavy atom. The predicted octanol–water partition coefficient (Wildman–Crippen LogP) is 7.03. The summed E-state index contributed by atoms with van der Waals surface area (Å²) in [6.45, 7) is 6.13. The van der Waals surface area contributed by atoms with Gasteiger partial charge in [0.05, 0.1) is 17.4 Å². The molecule has 0 saturated carbocycles. The van der Waals surface area contributed by atoms with Gasteiger partial charge in [0.25, 0.3) is 0 Å². The Kier molecular flexibility index (Phi) is 7.56. The summed E-state index contributed by atoms with van der Waals surface area (Å²) in [7, 11) is 0. The highest BCUT2D eigenvalue weighted by atomic mass is 32.2. The van der Waals surface area contributed by atoms with Crippen LogP contribution in [-0.4, -0.2) is 18.5 Å². The summed E-state index contributed by atoms with van der Waals surface area (Å²) >= 11 is 3.42. The first-order valence-electron chi connectivity index (χ1n) is 11.4. The van der Waals surface area contributed by atoms with Crippen LogP contribution in [0.4, 0.5) is 5.00 Å². The first-order chi connectivity index (χ1) is 16.0. The number of thioether (sulfide) groups is 1. The third-order valence-electron chi connectivity index (χ3n) is 5.57. The lowest BCUT2D eigenvalue weighted by atomic mass is 9.96. The van der Waals surface area contributed by atoms with Crippen LogP contribution in [0.3, 0.4) is 0 Å². The molecule has 0 unspecified atom stereocenters. The Morgan fingerprint density at radius 3 is 2.27 bits per heavy atom. The Bertz CT molecular complexity index is 1110. The largest absolute Gasteiger partial charge is 0.462 e. The molecule has 4 rings (SSSR count). The molecule has 2 heterocycles. The van der Waals surface area contributed by atoms with Gasteiger partial charge in [0.1, 0.15) is 5.00 Å². The number of thiophene rings is 1. The van der Waals surface area contributed by atoms with E-state index in [9.17, 15) is 9.59 Å². The lowest BCUT2D eigenvalue weighted by molar-refractivity contribution is -0.116. The van der Waals surface area contributed by atoms with Crippen molar-refractivity contribution in [3.05, 3.63) is 87.8 Å². The maximum Gasteiger partial charge on any atom is 0.341 e. The van der Waals surface area contributed by atoms with Gasteiger partial charge in [-0.25, -0.2) is 4.79 Å². The Hall–Kier alpha value is -2.57. The molecule has 4 nitrogen and oxygen atoms in total. The molecule has 1 amide bonds. The molecule has 0 bridgehead atoms. The van der Waals surface area contributed by atoms with Crippen molar-refractivity contribution in [2.24, 2.45) is 5.92 Å². The van der Waals surface area contributed by atoms with Crippen LogP contribution in [0.25, 0.3) is 0 Å². The van der Waals surface area contributed by atoms with Crippen molar-refractivity contribution in [1.29, 1.82) is 0 Å². The second kappa shape index (κ2) is 10.6. The van der Waals surface area contributed by atoms with Gasteiger partial charge >= 0.3 is 5.97 Å². The van der Waals surface area contributed by atoms with E-state index in [0.717, 1.165) is 16.9 Å². The number of carbonyl (C=O) groups is 2. The SMILES string of the molecule is CCOC(=O)c1c(NC(=O)CC(C)C)sc2c1C[C@@H](c1ccccc1)S[C@H]2c1ccccc1. The van der Waals surface area contributed by atoms with Crippen molar-refractivity contribution in [3.8, 4) is 0 Å². The maximum absolute atomic E-state index is 13.1. The quantitative estimate of drug-likeness (QED) is 0.370. The minimum Gasteiger partial charge on any atom is -0.462 e. The van der Waals surface area contributed by atoms with E-state index in [1.165, 1.54) is 22.5 Å². The average molecular weight is 480 g/mol. The minimum atomic E-state index is -0.361. The fourth-order valence-corrected chi connectivity index (χ4v) is 7.18. The van der Waals surface area contributed by atoms with E-state index in [1.54, 1.807) is 0 Å². The molecule has 2 aromatic carbocycles. The van der Waals surface area contributed by atoms with Gasteiger partial charge < -0.3 is 10.1 Å². The smallest absolute Gasteiger partial charge is 0.341 e. The Labute approximate surface area is 203 Å². The van der Waals surface area contributed by atoms with E-state index in [1.807, 2.05) is 56.8 Å². The molecule has 0 spiro atoms. The topological polar surface area (TPSA) is 55.4 Å².